The van der Waals surface area contributed by atoms with E-state index in [1.807, 2.05) is 0 Å². The molecule has 0 heterocycles. The van der Waals surface area contributed by atoms with Crippen molar-refractivity contribution in [2.45, 2.75) is 13.0 Å². The fourth-order valence-electron chi connectivity index (χ4n) is 1.91. The lowest BCUT2D eigenvalue weighted by Crippen LogP contribution is -2.28. The summed E-state index contributed by atoms with van der Waals surface area (Å²) < 4.78 is 40.1. The first-order valence-electron chi connectivity index (χ1n) is 6.19. The number of hydrogen-bond acceptors (Lipinski definition) is 2. The number of carbonyl (C=O) groups excluding carboxylic acids is 1. The first-order valence-corrected chi connectivity index (χ1v) is 6.19. The number of benzene rings is 2. The van der Waals surface area contributed by atoms with Crippen LogP contribution in [0.1, 0.15) is 28.9 Å². The molecular weight excluding hydrogens is 281 g/mol. The highest BCUT2D eigenvalue weighted by atomic mass is 19.1. The van der Waals surface area contributed by atoms with Crippen LogP contribution in [0.2, 0.25) is 0 Å². The fraction of sp³-hybridized carbons (Fsp3) is 0.133. The van der Waals surface area contributed by atoms with Crippen molar-refractivity contribution >= 4 is 11.6 Å². The van der Waals surface area contributed by atoms with E-state index in [1.54, 1.807) is 13.0 Å². The average Bonchev–Trinajstić information content (AvgIpc) is 2.42. The molecule has 1 atom stereocenters. The minimum atomic E-state index is -0.986. The van der Waals surface area contributed by atoms with Crippen LogP contribution in [0.3, 0.4) is 0 Å². The van der Waals surface area contributed by atoms with Gasteiger partial charge >= 0.3 is 0 Å². The summed E-state index contributed by atoms with van der Waals surface area (Å²) in [5.41, 5.74) is 4.85. The highest BCUT2D eigenvalue weighted by Crippen LogP contribution is 2.19. The van der Waals surface area contributed by atoms with E-state index in [4.69, 9.17) is 5.73 Å². The SMILES string of the molecule is CC(NC(=O)c1cc(F)cc(N)c1F)c1cccc(F)c1. The van der Waals surface area contributed by atoms with Gasteiger partial charge in [0.1, 0.15) is 11.6 Å². The van der Waals surface area contributed by atoms with E-state index in [2.05, 4.69) is 5.32 Å². The normalized spacial score (nSPS) is 12.0. The van der Waals surface area contributed by atoms with Crippen molar-refractivity contribution in [1.29, 1.82) is 0 Å². The van der Waals surface area contributed by atoms with Gasteiger partial charge in [-0.2, -0.15) is 0 Å². The summed E-state index contributed by atoms with van der Waals surface area (Å²) in [6.45, 7) is 1.60. The molecule has 2 aromatic carbocycles. The molecular formula is C15H13F3N2O. The van der Waals surface area contributed by atoms with Crippen LogP contribution >= 0.6 is 0 Å². The Morgan fingerprint density at radius 2 is 1.86 bits per heavy atom. The van der Waals surface area contributed by atoms with Gasteiger partial charge in [-0.15, -0.1) is 0 Å². The van der Waals surface area contributed by atoms with Crippen molar-refractivity contribution in [2.24, 2.45) is 0 Å². The Kier molecular flexibility index (Phi) is 4.16. The molecule has 0 radical (unpaired) electrons. The molecule has 2 aromatic rings. The van der Waals surface area contributed by atoms with Crippen molar-refractivity contribution < 1.29 is 18.0 Å². The molecule has 6 heteroatoms. The van der Waals surface area contributed by atoms with Gasteiger partial charge in [0.25, 0.3) is 5.91 Å². The molecule has 110 valence electrons. The molecule has 3 nitrogen and oxygen atoms in total. The van der Waals surface area contributed by atoms with E-state index in [0.29, 0.717) is 5.56 Å². The summed E-state index contributed by atoms with van der Waals surface area (Å²) in [5, 5.41) is 2.47. The van der Waals surface area contributed by atoms with Crippen LogP contribution < -0.4 is 11.1 Å². The van der Waals surface area contributed by atoms with Crippen LogP contribution in [-0.2, 0) is 0 Å². The van der Waals surface area contributed by atoms with E-state index in [-0.39, 0.29) is 0 Å². The monoisotopic (exact) mass is 294 g/mol. The number of carbonyl (C=O) groups is 1. The quantitative estimate of drug-likeness (QED) is 0.854. The third-order valence-corrected chi connectivity index (χ3v) is 3.01. The topological polar surface area (TPSA) is 55.1 Å². The second kappa shape index (κ2) is 5.87. The molecule has 0 aliphatic rings. The van der Waals surface area contributed by atoms with Crippen LogP contribution in [0.15, 0.2) is 36.4 Å². The molecule has 0 aromatic heterocycles. The maximum atomic E-state index is 13.7. The summed E-state index contributed by atoms with van der Waals surface area (Å²) in [6, 6.07) is 6.61. The lowest BCUT2D eigenvalue weighted by atomic mass is 10.1. The zero-order chi connectivity index (χ0) is 15.6. The highest BCUT2D eigenvalue weighted by molar-refractivity contribution is 5.95. The zero-order valence-electron chi connectivity index (χ0n) is 11.2. The lowest BCUT2D eigenvalue weighted by molar-refractivity contribution is 0.0935. The van der Waals surface area contributed by atoms with Gasteiger partial charge in [0.15, 0.2) is 5.82 Å². The Hall–Kier alpha value is -2.50. The average molecular weight is 294 g/mol. The molecule has 0 saturated carbocycles. The number of amides is 1. The Balaban J connectivity index is 2.22. The van der Waals surface area contributed by atoms with Crippen LogP contribution in [0.5, 0.6) is 0 Å². The highest BCUT2D eigenvalue weighted by Gasteiger charge is 2.18. The predicted molar refractivity (Wildman–Crippen MR) is 73.1 cm³/mol. The molecule has 1 amide bonds. The number of anilines is 1. The number of nitrogens with two attached hydrogens (primary N) is 1. The smallest absolute Gasteiger partial charge is 0.254 e. The van der Waals surface area contributed by atoms with Gasteiger partial charge in [-0.3, -0.25) is 4.79 Å². The largest absolute Gasteiger partial charge is 0.396 e. The Morgan fingerprint density at radius 1 is 1.14 bits per heavy atom. The van der Waals surface area contributed by atoms with E-state index in [1.165, 1.54) is 18.2 Å². The third-order valence-electron chi connectivity index (χ3n) is 3.01. The molecule has 0 aliphatic heterocycles. The van der Waals surface area contributed by atoms with Crippen molar-refractivity contribution in [3.63, 3.8) is 0 Å². The standard InChI is InChI=1S/C15H13F3N2O/c1-8(9-3-2-4-10(16)5-9)20-15(21)12-6-11(17)7-13(19)14(12)18/h2-8H,19H2,1H3,(H,20,21). The minimum Gasteiger partial charge on any atom is -0.396 e. The Morgan fingerprint density at radius 3 is 2.52 bits per heavy atom. The summed E-state index contributed by atoms with van der Waals surface area (Å²) >= 11 is 0. The van der Waals surface area contributed by atoms with Crippen LogP contribution in [-0.4, -0.2) is 5.91 Å². The van der Waals surface area contributed by atoms with Crippen molar-refractivity contribution in [1.82, 2.24) is 5.32 Å². The Labute approximate surface area is 119 Å². The predicted octanol–water partition coefficient (Wildman–Crippen LogP) is 3.18. The molecule has 0 fully saturated rings. The van der Waals surface area contributed by atoms with E-state index < -0.39 is 40.7 Å². The van der Waals surface area contributed by atoms with Crippen molar-refractivity contribution in [3.05, 3.63) is 65.0 Å². The first kappa shape index (κ1) is 14.9. The minimum absolute atomic E-state index is 0.446. The second-order valence-corrected chi connectivity index (χ2v) is 4.61. The number of rotatable bonds is 3. The van der Waals surface area contributed by atoms with E-state index in [9.17, 15) is 18.0 Å². The van der Waals surface area contributed by atoms with Gasteiger partial charge < -0.3 is 11.1 Å². The van der Waals surface area contributed by atoms with Crippen LogP contribution in [0.4, 0.5) is 18.9 Å². The third kappa shape index (κ3) is 3.34. The maximum Gasteiger partial charge on any atom is 0.254 e. The first-order chi connectivity index (χ1) is 9.88. The van der Waals surface area contributed by atoms with Gasteiger partial charge in [-0.05, 0) is 36.8 Å². The number of nitrogen functional groups attached to an aromatic ring is 1. The van der Waals surface area contributed by atoms with Crippen molar-refractivity contribution in [2.75, 3.05) is 5.73 Å². The molecule has 2 rings (SSSR count). The zero-order valence-corrected chi connectivity index (χ0v) is 11.2. The van der Waals surface area contributed by atoms with Gasteiger partial charge in [0, 0.05) is 0 Å². The molecule has 1 unspecified atom stereocenters. The summed E-state index contributed by atoms with van der Waals surface area (Å²) in [4.78, 5) is 12.0. The number of nitrogens with one attached hydrogen (secondary N) is 1. The van der Waals surface area contributed by atoms with E-state index >= 15 is 0 Å². The van der Waals surface area contributed by atoms with Gasteiger partial charge in [-0.25, -0.2) is 13.2 Å². The number of hydrogen-bond donors (Lipinski definition) is 2. The molecule has 0 spiro atoms. The summed E-state index contributed by atoms with van der Waals surface area (Å²) in [5.74, 6) is -3.07. The second-order valence-electron chi connectivity index (χ2n) is 4.61. The molecule has 3 N–H and O–H groups in total. The van der Waals surface area contributed by atoms with E-state index in [0.717, 1.165) is 12.1 Å². The van der Waals surface area contributed by atoms with Gasteiger partial charge in [0.05, 0.1) is 17.3 Å². The summed E-state index contributed by atoms with van der Waals surface area (Å²) in [7, 11) is 0. The molecule has 0 saturated heterocycles. The maximum absolute atomic E-state index is 13.7. The molecule has 21 heavy (non-hydrogen) atoms. The Bertz CT molecular complexity index is 689. The summed E-state index contributed by atoms with van der Waals surface area (Å²) in [6.07, 6.45) is 0. The van der Waals surface area contributed by atoms with Gasteiger partial charge in [-0.1, -0.05) is 12.1 Å². The molecule has 0 bridgehead atoms. The fourth-order valence-corrected chi connectivity index (χ4v) is 1.91. The number of halogens is 3. The van der Waals surface area contributed by atoms with Gasteiger partial charge in [0.2, 0.25) is 0 Å². The van der Waals surface area contributed by atoms with Crippen molar-refractivity contribution in [3.8, 4) is 0 Å². The molecule has 0 aliphatic carbocycles. The van der Waals surface area contributed by atoms with Crippen LogP contribution in [0, 0.1) is 17.5 Å². The lowest BCUT2D eigenvalue weighted by Gasteiger charge is -2.15. The van der Waals surface area contributed by atoms with Crippen LogP contribution in [0.25, 0.3) is 0 Å².